The van der Waals surface area contributed by atoms with Crippen molar-refractivity contribution in [2.45, 2.75) is 137 Å². The van der Waals surface area contributed by atoms with Crippen LogP contribution in [0.25, 0.3) is 43.1 Å². The third-order valence-electron chi connectivity index (χ3n) is 16.1. The smallest absolute Gasteiger partial charge is 0.266 e. The summed E-state index contributed by atoms with van der Waals surface area (Å²) in [6.45, 7) is 18.9. The van der Waals surface area contributed by atoms with Gasteiger partial charge in [-0.05, 0) is 136 Å². The second kappa shape index (κ2) is 18.3. The predicted octanol–water partition coefficient (Wildman–Crippen LogP) is 18.1. The van der Waals surface area contributed by atoms with Gasteiger partial charge in [-0.1, -0.05) is 170 Å². The van der Waals surface area contributed by atoms with Crippen LogP contribution in [-0.2, 0) is 0 Å². The maximum Gasteiger partial charge on any atom is 0.266 e. The Labute approximate surface area is 442 Å². The Balaban J connectivity index is 1.18. The van der Waals surface area contributed by atoms with Gasteiger partial charge in [0.25, 0.3) is 23.6 Å². The standard InChI is InChI=1S/C66H60N2O4S2/c1-34(2)43-16-12-17-44(35(3)4)61(43)67-63(69)49-31-29-48-58-54(74-42-26-22-40(23-27-42)39-14-10-11-15-39)33-52-56-50(64(70)68(66(52)72)62-45(36(5)6)18-13-19-46(62)37(7)8)30-28-47(60(56)58)57-53(73-41-24-20-38(9)21-25-41)32-51(65(67)71)55(49)59(48)57/h12-13,16-37,39H,10-11,14-15H2,1-9H3. The molecule has 2 aliphatic heterocycles. The number of nitrogens with zero attached hydrogens (tertiary/aromatic N) is 2. The number of imide groups is 2. The summed E-state index contributed by atoms with van der Waals surface area (Å²) < 4.78 is 0. The first-order valence-corrected chi connectivity index (χ1v) is 28.1. The Morgan fingerprint density at radius 3 is 1.16 bits per heavy atom. The monoisotopic (exact) mass is 1010 g/mol. The molecule has 1 aliphatic carbocycles. The van der Waals surface area contributed by atoms with Gasteiger partial charge < -0.3 is 0 Å². The fourth-order valence-corrected chi connectivity index (χ4v) is 14.5. The van der Waals surface area contributed by atoms with Gasteiger partial charge in [0, 0.05) is 63.0 Å². The van der Waals surface area contributed by atoms with Gasteiger partial charge in [0.15, 0.2) is 0 Å². The van der Waals surface area contributed by atoms with Crippen molar-refractivity contribution < 1.29 is 19.2 Å². The van der Waals surface area contributed by atoms with E-state index in [1.54, 1.807) is 23.5 Å². The number of amides is 4. The third-order valence-corrected chi connectivity index (χ3v) is 18.2. The molecule has 1 fully saturated rings. The van der Waals surface area contributed by atoms with Crippen LogP contribution < -0.4 is 9.80 Å². The van der Waals surface area contributed by atoms with Crippen molar-refractivity contribution in [1.82, 2.24) is 0 Å². The molecule has 4 amide bonds. The Morgan fingerprint density at radius 1 is 0.419 bits per heavy atom. The van der Waals surface area contributed by atoms with Crippen molar-refractivity contribution in [2.24, 2.45) is 0 Å². The topological polar surface area (TPSA) is 74.8 Å². The minimum absolute atomic E-state index is 0.0511. The van der Waals surface area contributed by atoms with Crippen LogP contribution in [0.3, 0.4) is 0 Å². The number of carbonyl (C=O) groups is 4. The number of fused-ring (bicyclic) bond motifs is 2. The first-order chi connectivity index (χ1) is 35.6. The molecule has 2 heterocycles. The van der Waals surface area contributed by atoms with Gasteiger partial charge >= 0.3 is 0 Å². The van der Waals surface area contributed by atoms with Crippen molar-refractivity contribution in [1.29, 1.82) is 0 Å². The molecular formula is C66H60N2O4S2. The Morgan fingerprint density at radius 2 is 0.784 bits per heavy atom. The second-order valence-electron chi connectivity index (χ2n) is 22.1. The minimum Gasteiger partial charge on any atom is -0.268 e. The van der Waals surface area contributed by atoms with E-state index in [1.165, 1.54) is 41.0 Å². The summed E-state index contributed by atoms with van der Waals surface area (Å²) in [6, 6.07) is 41.5. The number of carbonyl (C=O) groups excluding carboxylic acids is 4. The quantitative estimate of drug-likeness (QED) is 0.0730. The van der Waals surface area contributed by atoms with E-state index in [0.717, 1.165) is 79.7 Å². The number of hydrogen-bond donors (Lipinski definition) is 0. The Kier molecular flexibility index (Phi) is 11.9. The Bertz CT molecular complexity index is 3790. The van der Waals surface area contributed by atoms with E-state index in [-0.39, 0.29) is 47.3 Å². The Hall–Kier alpha value is -6.74. The normalized spacial score (nSPS) is 15.2. The molecule has 370 valence electrons. The highest BCUT2D eigenvalue weighted by atomic mass is 32.2. The molecule has 9 aromatic rings. The fraction of sp³-hybridized carbons (Fsp3) is 0.273. The van der Waals surface area contributed by atoms with E-state index in [9.17, 15) is 0 Å². The highest BCUT2D eigenvalue weighted by Gasteiger charge is 2.42. The number of para-hydroxylation sites is 2. The van der Waals surface area contributed by atoms with Crippen LogP contribution in [0.2, 0.25) is 0 Å². The van der Waals surface area contributed by atoms with E-state index < -0.39 is 0 Å². The first kappa shape index (κ1) is 48.2. The third kappa shape index (κ3) is 7.44. The van der Waals surface area contributed by atoms with Gasteiger partial charge in [0.1, 0.15) is 0 Å². The number of anilines is 2. The molecule has 0 N–H and O–H groups in total. The lowest BCUT2D eigenvalue weighted by atomic mass is 9.81. The van der Waals surface area contributed by atoms with Crippen LogP contribution in [-0.4, -0.2) is 23.6 Å². The van der Waals surface area contributed by atoms with Crippen LogP contribution in [0.4, 0.5) is 11.4 Å². The highest BCUT2D eigenvalue weighted by molar-refractivity contribution is 8.00. The van der Waals surface area contributed by atoms with Crippen LogP contribution in [0.1, 0.15) is 185 Å². The van der Waals surface area contributed by atoms with Crippen LogP contribution in [0.15, 0.2) is 141 Å². The number of rotatable bonds is 11. The fourth-order valence-electron chi connectivity index (χ4n) is 12.4. The average Bonchev–Trinajstić information content (AvgIpc) is 3.95. The molecule has 6 nitrogen and oxygen atoms in total. The van der Waals surface area contributed by atoms with E-state index in [1.807, 2.05) is 60.7 Å². The van der Waals surface area contributed by atoms with Gasteiger partial charge in [-0.3, -0.25) is 19.2 Å². The number of benzene rings is 9. The predicted molar refractivity (Wildman–Crippen MR) is 306 cm³/mol. The van der Waals surface area contributed by atoms with E-state index in [0.29, 0.717) is 50.3 Å². The summed E-state index contributed by atoms with van der Waals surface area (Å²) in [7, 11) is 0. The molecule has 0 aromatic heterocycles. The van der Waals surface area contributed by atoms with Crippen LogP contribution >= 0.6 is 23.5 Å². The van der Waals surface area contributed by atoms with Crippen molar-refractivity contribution in [3.05, 3.63) is 177 Å². The molecule has 1 saturated carbocycles. The second-order valence-corrected chi connectivity index (χ2v) is 24.3. The molecule has 0 saturated heterocycles. The van der Waals surface area contributed by atoms with Crippen molar-refractivity contribution in [3.63, 3.8) is 0 Å². The molecule has 3 aliphatic rings. The average molecular weight is 1010 g/mol. The van der Waals surface area contributed by atoms with Crippen molar-refractivity contribution in [3.8, 4) is 0 Å². The van der Waals surface area contributed by atoms with Gasteiger partial charge in [-0.15, -0.1) is 0 Å². The zero-order valence-electron chi connectivity index (χ0n) is 43.6. The van der Waals surface area contributed by atoms with Crippen LogP contribution in [0.5, 0.6) is 0 Å². The molecule has 74 heavy (non-hydrogen) atoms. The summed E-state index contributed by atoms with van der Waals surface area (Å²) >= 11 is 3.21. The lowest BCUT2D eigenvalue weighted by Crippen LogP contribution is -2.42. The first-order valence-electron chi connectivity index (χ1n) is 26.5. The molecule has 0 atom stereocenters. The van der Waals surface area contributed by atoms with Crippen molar-refractivity contribution >= 4 is 102 Å². The molecule has 9 aromatic carbocycles. The zero-order valence-corrected chi connectivity index (χ0v) is 45.2. The maximum absolute atomic E-state index is 15.8. The SMILES string of the molecule is Cc1ccc(Sc2cc3c4c(ccc5c6c(Sc7ccc(C8CCCC8)cc7)cc7c8c(ccc(c2c45)c86)C(=O)N(c2c(C(C)C)cccc2C(C)C)C7=O)C(=O)N(c2c(C(C)C)cccc2C(C)C)C3=O)cc1. The largest absolute Gasteiger partial charge is 0.268 e. The summed E-state index contributed by atoms with van der Waals surface area (Å²) in [5.41, 5.74) is 9.52. The number of aryl methyl sites for hydroxylation is 1. The summed E-state index contributed by atoms with van der Waals surface area (Å²) in [5.74, 6) is -0.617. The van der Waals surface area contributed by atoms with Gasteiger partial charge in [0.05, 0.1) is 22.5 Å². The summed E-state index contributed by atoms with van der Waals surface area (Å²) in [5, 5.41) is 6.42. The lowest BCUT2D eigenvalue weighted by molar-refractivity contribution is 0.0877. The zero-order chi connectivity index (χ0) is 51.6. The van der Waals surface area contributed by atoms with E-state index >= 15 is 19.2 Å². The number of hydrogen-bond acceptors (Lipinski definition) is 6. The van der Waals surface area contributed by atoms with E-state index in [2.05, 4.69) is 123 Å². The molecule has 0 unspecified atom stereocenters. The molecule has 8 heteroatoms. The van der Waals surface area contributed by atoms with Crippen molar-refractivity contribution in [2.75, 3.05) is 9.80 Å². The van der Waals surface area contributed by atoms with Gasteiger partial charge in [-0.2, -0.15) is 0 Å². The summed E-state index contributed by atoms with van der Waals surface area (Å²) in [4.78, 5) is 69.1. The highest BCUT2D eigenvalue weighted by Crippen LogP contribution is 2.54. The molecule has 0 spiro atoms. The minimum atomic E-state index is -0.348. The maximum atomic E-state index is 15.8. The molecule has 0 radical (unpaired) electrons. The van der Waals surface area contributed by atoms with Gasteiger partial charge in [0.2, 0.25) is 0 Å². The van der Waals surface area contributed by atoms with Crippen LogP contribution in [0, 0.1) is 6.92 Å². The van der Waals surface area contributed by atoms with E-state index in [4.69, 9.17) is 0 Å². The lowest BCUT2D eigenvalue weighted by Gasteiger charge is -2.34. The molecule has 12 rings (SSSR count). The molecule has 0 bridgehead atoms. The molecular weight excluding hydrogens is 949 g/mol. The summed E-state index contributed by atoms with van der Waals surface area (Å²) in [6.07, 6.45) is 4.91. The van der Waals surface area contributed by atoms with Gasteiger partial charge in [-0.25, -0.2) is 9.80 Å².